The predicted octanol–water partition coefficient (Wildman–Crippen LogP) is 0.157. The van der Waals surface area contributed by atoms with Crippen molar-refractivity contribution in [3.8, 4) is 0 Å². The highest BCUT2D eigenvalue weighted by Crippen LogP contribution is 2.44. The van der Waals surface area contributed by atoms with Crippen molar-refractivity contribution in [3.05, 3.63) is 0 Å². The minimum absolute atomic E-state index is 1.09. The highest BCUT2D eigenvalue weighted by Gasteiger charge is 2.44. The number of likely N-dealkylation sites (N-methyl/N-ethyl adjacent to an activating group) is 1. The first-order valence-corrected chi connectivity index (χ1v) is 4.27. The first-order valence-electron chi connectivity index (χ1n) is 4.27. The van der Waals surface area contributed by atoms with Gasteiger partial charge in [0.1, 0.15) is 0 Å². The molecule has 0 bridgehead atoms. The van der Waals surface area contributed by atoms with E-state index in [9.17, 15) is 0 Å². The molecule has 0 aromatic heterocycles. The Morgan fingerprint density at radius 2 is 2.10 bits per heavy atom. The summed E-state index contributed by atoms with van der Waals surface area (Å²) >= 11 is 0. The second-order valence-electron chi connectivity index (χ2n) is 3.62. The smallest absolute Gasteiger partial charge is 0.0107 e. The summed E-state index contributed by atoms with van der Waals surface area (Å²) in [5, 5.41) is 3.18. The van der Waals surface area contributed by atoms with Crippen molar-refractivity contribution in [2.45, 2.75) is 6.42 Å². The Morgan fingerprint density at radius 3 is 2.70 bits per heavy atom. The van der Waals surface area contributed by atoms with Crippen LogP contribution in [0.3, 0.4) is 0 Å². The Labute approximate surface area is 62.6 Å². The summed E-state index contributed by atoms with van der Waals surface area (Å²) in [5.74, 6) is 2.19. The minimum atomic E-state index is 1.09. The Kier molecular flexibility index (Phi) is 1.66. The van der Waals surface area contributed by atoms with E-state index in [1.165, 1.54) is 26.1 Å². The van der Waals surface area contributed by atoms with Crippen LogP contribution in [0.15, 0.2) is 0 Å². The van der Waals surface area contributed by atoms with Crippen LogP contribution in [0, 0.1) is 11.8 Å². The maximum atomic E-state index is 3.18. The Hall–Kier alpha value is -0.0800. The largest absolute Gasteiger partial charge is 0.318 e. The van der Waals surface area contributed by atoms with Crippen LogP contribution >= 0.6 is 0 Å². The third kappa shape index (κ3) is 1.18. The van der Waals surface area contributed by atoms with Gasteiger partial charge in [-0.05, 0) is 25.3 Å². The number of hydrogen-bond donors (Lipinski definition) is 1. The number of nitrogens with one attached hydrogen (secondary N) is 1. The lowest BCUT2D eigenvalue weighted by Gasteiger charge is -2.16. The molecular formula is C8H16N2. The zero-order chi connectivity index (χ0) is 6.97. The van der Waals surface area contributed by atoms with Gasteiger partial charge in [0.15, 0.2) is 0 Å². The number of likely N-dealkylation sites (tertiary alicyclic amines) is 1. The number of nitrogens with zero attached hydrogens (tertiary/aromatic N) is 1. The van der Waals surface area contributed by atoms with Crippen molar-refractivity contribution in [1.29, 1.82) is 0 Å². The van der Waals surface area contributed by atoms with E-state index in [1.807, 2.05) is 7.05 Å². The van der Waals surface area contributed by atoms with Gasteiger partial charge in [0.2, 0.25) is 0 Å². The average molecular weight is 140 g/mol. The molecule has 2 fully saturated rings. The van der Waals surface area contributed by atoms with Crippen molar-refractivity contribution < 1.29 is 0 Å². The molecule has 1 saturated carbocycles. The number of piperidine rings is 1. The van der Waals surface area contributed by atoms with E-state index in [2.05, 4.69) is 10.2 Å². The first kappa shape index (κ1) is 6.62. The Morgan fingerprint density at radius 1 is 1.40 bits per heavy atom. The fraction of sp³-hybridized carbons (Fsp3) is 1.00. The lowest BCUT2D eigenvalue weighted by molar-refractivity contribution is 0.306. The second-order valence-corrected chi connectivity index (χ2v) is 3.62. The highest BCUT2D eigenvalue weighted by molar-refractivity contribution is 4.96. The molecule has 1 saturated heterocycles. The molecule has 0 aromatic rings. The molecule has 0 amide bonds. The van der Waals surface area contributed by atoms with Crippen LogP contribution in [0.2, 0.25) is 0 Å². The SMILES string of the molecule is CNCCN1CC2CC2C1. The maximum Gasteiger partial charge on any atom is 0.0107 e. The number of rotatable bonds is 3. The van der Waals surface area contributed by atoms with E-state index in [-0.39, 0.29) is 0 Å². The van der Waals surface area contributed by atoms with Crippen LogP contribution in [0.5, 0.6) is 0 Å². The van der Waals surface area contributed by atoms with Gasteiger partial charge in [0.05, 0.1) is 0 Å². The van der Waals surface area contributed by atoms with Crippen molar-refractivity contribution >= 4 is 0 Å². The summed E-state index contributed by atoms with van der Waals surface area (Å²) in [7, 11) is 2.02. The molecule has 2 unspecified atom stereocenters. The normalized spacial score (nSPS) is 38.1. The molecular weight excluding hydrogens is 124 g/mol. The van der Waals surface area contributed by atoms with Crippen molar-refractivity contribution in [3.63, 3.8) is 0 Å². The molecule has 1 N–H and O–H groups in total. The minimum Gasteiger partial charge on any atom is -0.318 e. The molecule has 1 heterocycles. The summed E-state index contributed by atoms with van der Waals surface area (Å²) < 4.78 is 0. The van der Waals surface area contributed by atoms with Gasteiger partial charge >= 0.3 is 0 Å². The molecule has 2 rings (SSSR count). The zero-order valence-electron chi connectivity index (χ0n) is 6.64. The van der Waals surface area contributed by atoms with Gasteiger partial charge in [-0.2, -0.15) is 0 Å². The van der Waals surface area contributed by atoms with Gasteiger partial charge in [-0.3, -0.25) is 0 Å². The maximum absolute atomic E-state index is 3.18. The van der Waals surface area contributed by atoms with E-state index < -0.39 is 0 Å². The van der Waals surface area contributed by atoms with E-state index in [0.29, 0.717) is 0 Å². The summed E-state index contributed by atoms with van der Waals surface area (Å²) in [4.78, 5) is 2.58. The Balaban J connectivity index is 1.66. The number of hydrogen-bond acceptors (Lipinski definition) is 2. The lowest BCUT2D eigenvalue weighted by atomic mass is 10.4. The standard InChI is InChI=1S/C8H16N2/c1-9-2-3-10-5-7-4-8(7)6-10/h7-9H,2-6H2,1H3. The fourth-order valence-electron chi connectivity index (χ4n) is 1.95. The third-order valence-electron chi connectivity index (χ3n) is 2.73. The monoisotopic (exact) mass is 140 g/mol. The topological polar surface area (TPSA) is 15.3 Å². The molecule has 10 heavy (non-hydrogen) atoms. The fourth-order valence-corrected chi connectivity index (χ4v) is 1.95. The van der Waals surface area contributed by atoms with Gasteiger partial charge in [-0.1, -0.05) is 0 Å². The summed E-state index contributed by atoms with van der Waals surface area (Å²) in [6.07, 6.45) is 1.52. The van der Waals surface area contributed by atoms with Crippen LogP contribution in [0.25, 0.3) is 0 Å². The molecule has 2 heteroatoms. The van der Waals surface area contributed by atoms with Crippen LogP contribution < -0.4 is 5.32 Å². The summed E-state index contributed by atoms with van der Waals surface area (Å²) in [5.41, 5.74) is 0. The summed E-state index contributed by atoms with van der Waals surface area (Å²) in [6.45, 7) is 5.17. The quantitative estimate of drug-likeness (QED) is 0.600. The van der Waals surface area contributed by atoms with E-state index in [1.54, 1.807) is 0 Å². The van der Waals surface area contributed by atoms with Gasteiger partial charge < -0.3 is 10.2 Å². The van der Waals surface area contributed by atoms with Crippen molar-refractivity contribution in [2.24, 2.45) is 11.8 Å². The first-order chi connectivity index (χ1) is 4.90. The van der Waals surface area contributed by atoms with Crippen molar-refractivity contribution in [1.82, 2.24) is 10.2 Å². The van der Waals surface area contributed by atoms with Gasteiger partial charge in [-0.25, -0.2) is 0 Å². The molecule has 2 aliphatic rings. The van der Waals surface area contributed by atoms with Crippen LogP contribution in [-0.4, -0.2) is 38.1 Å². The lowest BCUT2D eigenvalue weighted by Crippen LogP contribution is -2.30. The van der Waals surface area contributed by atoms with Crippen LogP contribution in [0.1, 0.15) is 6.42 Å². The molecule has 0 aromatic carbocycles. The van der Waals surface area contributed by atoms with Crippen LogP contribution in [0.4, 0.5) is 0 Å². The van der Waals surface area contributed by atoms with Gasteiger partial charge in [0, 0.05) is 26.2 Å². The average Bonchev–Trinajstić information content (AvgIpc) is 2.56. The molecule has 2 nitrogen and oxygen atoms in total. The van der Waals surface area contributed by atoms with Gasteiger partial charge in [-0.15, -0.1) is 0 Å². The predicted molar refractivity (Wildman–Crippen MR) is 42.0 cm³/mol. The molecule has 1 aliphatic carbocycles. The zero-order valence-corrected chi connectivity index (χ0v) is 6.64. The molecule has 58 valence electrons. The number of fused-ring (bicyclic) bond motifs is 1. The van der Waals surface area contributed by atoms with E-state index in [0.717, 1.165) is 18.4 Å². The van der Waals surface area contributed by atoms with Gasteiger partial charge in [0.25, 0.3) is 0 Å². The molecule has 0 radical (unpaired) electrons. The van der Waals surface area contributed by atoms with Crippen molar-refractivity contribution in [2.75, 3.05) is 33.2 Å². The van der Waals surface area contributed by atoms with E-state index >= 15 is 0 Å². The summed E-state index contributed by atoms with van der Waals surface area (Å²) in [6, 6.07) is 0. The van der Waals surface area contributed by atoms with E-state index in [4.69, 9.17) is 0 Å². The second kappa shape index (κ2) is 2.51. The van der Waals surface area contributed by atoms with Crippen LogP contribution in [-0.2, 0) is 0 Å². The Bertz CT molecular complexity index is 114. The molecule has 1 aliphatic heterocycles. The third-order valence-corrected chi connectivity index (χ3v) is 2.73. The highest BCUT2D eigenvalue weighted by atomic mass is 15.2. The molecule has 0 spiro atoms. The molecule has 2 atom stereocenters.